The fraction of sp³-hybridized carbons (Fsp3) is 0.800. The van der Waals surface area contributed by atoms with Crippen molar-refractivity contribution in [2.45, 2.75) is 82.9 Å². The van der Waals surface area contributed by atoms with Gasteiger partial charge in [0.15, 0.2) is 0 Å². The molecule has 3 aliphatic rings. The first kappa shape index (κ1) is 27.6. The lowest BCUT2D eigenvalue weighted by Gasteiger charge is -2.42. The number of carbonyl (C=O) groups is 3. The highest BCUT2D eigenvalue weighted by atomic mass is 16.6. The average Bonchev–Trinajstić information content (AvgIpc) is 3.70. The van der Waals surface area contributed by atoms with E-state index in [0.717, 1.165) is 12.8 Å². The molecule has 2 saturated heterocycles. The molecule has 4 unspecified atom stereocenters. The normalized spacial score (nSPS) is 33.2. The van der Waals surface area contributed by atoms with Crippen molar-refractivity contribution in [1.82, 2.24) is 15.5 Å². The van der Waals surface area contributed by atoms with E-state index in [1.54, 1.807) is 26.0 Å². The standard InChI is InChI=1S/C25H41N3O7/c1-7-19(29)26-12-13-28(5)14-20(30)27-23(31)34-17-10-11-25(15-33-25)22(21(17)32-6)24(4)18(35-24)9-8-16(2)3/h8,17-18,21-22H,7,9-15H2,1-6H3,(H,26,29)(H,27,30,31)/t17?,18-,21?,22?,24?,25+/m1/s1. The van der Waals surface area contributed by atoms with Crippen LogP contribution in [0, 0.1) is 5.92 Å². The number of alkyl carbamates (subject to hydrolysis) is 1. The van der Waals surface area contributed by atoms with Gasteiger partial charge in [0.05, 0.1) is 25.2 Å². The summed E-state index contributed by atoms with van der Waals surface area (Å²) in [5.74, 6) is -0.596. The molecular formula is C25H41N3O7. The molecule has 0 radical (unpaired) electrons. The second kappa shape index (κ2) is 11.4. The van der Waals surface area contributed by atoms with E-state index in [1.807, 2.05) is 0 Å². The number of allylic oxidation sites excluding steroid dienone is 1. The summed E-state index contributed by atoms with van der Waals surface area (Å²) in [7, 11) is 3.36. The third-order valence-electron chi connectivity index (χ3n) is 7.29. The van der Waals surface area contributed by atoms with Crippen molar-refractivity contribution < 1.29 is 33.3 Å². The second-order valence-electron chi connectivity index (χ2n) is 10.3. The summed E-state index contributed by atoms with van der Waals surface area (Å²) in [6, 6.07) is 0. The number of carbonyl (C=O) groups excluding carboxylic acids is 3. The van der Waals surface area contributed by atoms with Gasteiger partial charge in [0.1, 0.15) is 23.4 Å². The molecule has 2 N–H and O–H groups in total. The van der Waals surface area contributed by atoms with E-state index in [4.69, 9.17) is 18.9 Å². The smallest absolute Gasteiger partial charge is 0.414 e. The maximum atomic E-state index is 12.5. The van der Waals surface area contributed by atoms with Gasteiger partial charge in [-0.05, 0) is 47.1 Å². The Hall–Kier alpha value is -2.01. The van der Waals surface area contributed by atoms with Gasteiger partial charge in [-0.25, -0.2) is 4.79 Å². The van der Waals surface area contributed by atoms with Gasteiger partial charge in [0.25, 0.3) is 0 Å². The summed E-state index contributed by atoms with van der Waals surface area (Å²) < 4.78 is 23.6. The second-order valence-corrected chi connectivity index (χ2v) is 10.3. The van der Waals surface area contributed by atoms with Gasteiger partial charge in [-0.2, -0.15) is 0 Å². The average molecular weight is 496 g/mol. The highest BCUT2D eigenvalue weighted by Crippen LogP contribution is 2.59. The van der Waals surface area contributed by atoms with Crippen molar-refractivity contribution in [1.29, 1.82) is 0 Å². The molecule has 35 heavy (non-hydrogen) atoms. The van der Waals surface area contributed by atoms with Crippen LogP contribution in [0.15, 0.2) is 11.6 Å². The van der Waals surface area contributed by atoms with Crippen LogP contribution in [0.2, 0.25) is 0 Å². The van der Waals surface area contributed by atoms with Crippen LogP contribution in [0.1, 0.15) is 53.4 Å². The van der Waals surface area contributed by atoms with Crippen molar-refractivity contribution in [3.05, 3.63) is 11.6 Å². The largest absolute Gasteiger partial charge is 0.443 e. The molecule has 1 spiro atoms. The first-order valence-electron chi connectivity index (χ1n) is 12.5. The van der Waals surface area contributed by atoms with Crippen LogP contribution in [-0.4, -0.2) is 92.7 Å². The predicted molar refractivity (Wildman–Crippen MR) is 129 cm³/mol. The van der Waals surface area contributed by atoms with E-state index in [1.165, 1.54) is 5.57 Å². The van der Waals surface area contributed by atoms with Crippen LogP contribution < -0.4 is 10.6 Å². The summed E-state index contributed by atoms with van der Waals surface area (Å²) in [6.07, 6.45) is 3.08. The minimum absolute atomic E-state index is 0.00694. The molecule has 0 bridgehead atoms. The van der Waals surface area contributed by atoms with E-state index in [0.29, 0.717) is 32.5 Å². The molecule has 10 nitrogen and oxygen atoms in total. The number of likely N-dealkylation sites (N-methyl/N-ethyl adjacent to an activating group) is 1. The fourth-order valence-electron chi connectivity index (χ4n) is 5.23. The number of epoxide rings is 2. The summed E-state index contributed by atoms with van der Waals surface area (Å²) in [5, 5.41) is 5.06. The first-order chi connectivity index (χ1) is 16.5. The molecule has 6 atom stereocenters. The van der Waals surface area contributed by atoms with Crippen LogP contribution in [0.5, 0.6) is 0 Å². The number of rotatable bonds is 11. The highest BCUT2D eigenvalue weighted by molar-refractivity contribution is 5.92. The SMILES string of the molecule is CCC(=O)NCCN(C)CC(=O)NC(=O)OC1CC[C@]2(CO2)C(C2(C)O[C@@H]2CC=C(C)C)C1OC. The topological polar surface area (TPSA) is 122 Å². The van der Waals surface area contributed by atoms with E-state index in [2.05, 4.69) is 37.5 Å². The Kier molecular flexibility index (Phi) is 8.96. The van der Waals surface area contributed by atoms with E-state index in [9.17, 15) is 14.4 Å². The number of nitrogens with zero attached hydrogens (tertiary/aromatic N) is 1. The van der Waals surface area contributed by atoms with Crippen LogP contribution in [0.4, 0.5) is 4.79 Å². The third-order valence-corrected chi connectivity index (χ3v) is 7.29. The molecule has 2 aliphatic heterocycles. The number of methoxy groups -OCH3 is 1. The lowest BCUT2D eigenvalue weighted by atomic mass is 9.68. The number of imide groups is 1. The Morgan fingerprint density at radius 1 is 1.23 bits per heavy atom. The first-order valence-corrected chi connectivity index (χ1v) is 12.5. The molecule has 0 aromatic carbocycles. The molecule has 198 valence electrons. The van der Waals surface area contributed by atoms with Gasteiger partial charge in [-0.15, -0.1) is 0 Å². The minimum atomic E-state index is -0.788. The molecule has 2 heterocycles. The third kappa shape index (κ3) is 6.81. The maximum Gasteiger partial charge on any atom is 0.414 e. The molecule has 1 aliphatic carbocycles. The molecule has 3 amide bonds. The van der Waals surface area contributed by atoms with Gasteiger partial charge >= 0.3 is 6.09 Å². The van der Waals surface area contributed by atoms with Crippen LogP contribution in [0.25, 0.3) is 0 Å². The zero-order valence-electron chi connectivity index (χ0n) is 21.8. The van der Waals surface area contributed by atoms with Gasteiger partial charge in [-0.3, -0.25) is 19.8 Å². The number of ether oxygens (including phenoxy) is 4. The Bertz CT molecular complexity index is 824. The van der Waals surface area contributed by atoms with Crippen molar-refractivity contribution in [3.63, 3.8) is 0 Å². The quantitative estimate of drug-likeness (QED) is 0.329. The zero-order valence-corrected chi connectivity index (χ0v) is 21.8. The fourth-order valence-corrected chi connectivity index (χ4v) is 5.23. The Balaban J connectivity index is 1.53. The Morgan fingerprint density at radius 3 is 2.54 bits per heavy atom. The lowest BCUT2D eigenvalue weighted by molar-refractivity contribution is -0.126. The van der Waals surface area contributed by atoms with E-state index >= 15 is 0 Å². The van der Waals surface area contributed by atoms with Gasteiger partial charge in [0, 0.05) is 26.6 Å². The molecule has 3 fully saturated rings. The van der Waals surface area contributed by atoms with Crippen molar-refractivity contribution in [3.8, 4) is 0 Å². The van der Waals surface area contributed by atoms with Crippen molar-refractivity contribution in [2.75, 3.05) is 40.4 Å². The van der Waals surface area contributed by atoms with Gasteiger partial charge in [-0.1, -0.05) is 18.6 Å². The minimum Gasteiger partial charge on any atom is -0.443 e. The number of nitrogens with one attached hydrogen (secondary N) is 2. The van der Waals surface area contributed by atoms with Crippen LogP contribution in [0.3, 0.4) is 0 Å². The molecule has 3 rings (SSSR count). The van der Waals surface area contributed by atoms with E-state index in [-0.39, 0.29) is 30.1 Å². The molecule has 10 heteroatoms. The highest BCUT2D eigenvalue weighted by Gasteiger charge is 2.72. The predicted octanol–water partition coefficient (Wildman–Crippen LogP) is 1.77. The maximum absolute atomic E-state index is 12.5. The zero-order chi connectivity index (χ0) is 25.8. The molecule has 0 aromatic heterocycles. The van der Waals surface area contributed by atoms with Gasteiger partial charge in [0.2, 0.25) is 11.8 Å². The molecule has 0 aromatic rings. The summed E-state index contributed by atoms with van der Waals surface area (Å²) >= 11 is 0. The van der Waals surface area contributed by atoms with Crippen LogP contribution >= 0.6 is 0 Å². The van der Waals surface area contributed by atoms with Crippen molar-refractivity contribution >= 4 is 17.9 Å². The Labute approximate surface area is 208 Å². The van der Waals surface area contributed by atoms with Crippen LogP contribution in [-0.2, 0) is 28.5 Å². The van der Waals surface area contributed by atoms with Crippen molar-refractivity contribution in [2.24, 2.45) is 5.92 Å². The molecule has 1 saturated carbocycles. The summed E-state index contributed by atoms with van der Waals surface area (Å²) in [6.45, 7) is 9.56. The van der Waals surface area contributed by atoms with E-state index < -0.39 is 29.8 Å². The summed E-state index contributed by atoms with van der Waals surface area (Å²) in [5.41, 5.74) is 0.510. The molecular weight excluding hydrogens is 454 g/mol. The lowest BCUT2D eigenvalue weighted by Crippen LogP contribution is -2.56. The number of hydrogen-bond donors (Lipinski definition) is 2. The monoisotopic (exact) mass is 495 g/mol. The van der Waals surface area contributed by atoms with Gasteiger partial charge < -0.3 is 24.3 Å². The number of hydrogen-bond acceptors (Lipinski definition) is 8. The Morgan fingerprint density at radius 2 is 1.94 bits per heavy atom. The summed E-state index contributed by atoms with van der Waals surface area (Å²) in [4.78, 5) is 37.9. The number of amides is 3.